The van der Waals surface area contributed by atoms with Gasteiger partial charge in [0.15, 0.2) is 0 Å². The first-order chi connectivity index (χ1) is 9.29. The van der Waals surface area contributed by atoms with Gasteiger partial charge in [-0.25, -0.2) is 0 Å². The lowest BCUT2D eigenvalue weighted by atomic mass is 10.1. The van der Waals surface area contributed by atoms with Gasteiger partial charge in [0.1, 0.15) is 5.75 Å². The third kappa shape index (κ3) is 4.11. The second-order valence-electron chi connectivity index (χ2n) is 4.66. The third-order valence-corrected chi connectivity index (χ3v) is 3.32. The number of hydrogen-bond acceptors (Lipinski definition) is 2. The van der Waals surface area contributed by atoms with Gasteiger partial charge in [-0.2, -0.15) is 0 Å². The van der Waals surface area contributed by atoms with Crippen molar-refractivity contribution in [3.63, 3.8) is 0 Å². The summed E-state index contributed by atoms with van der Waals surface area (Å²) >= 11 is 0. The summed E-state index contributed by atoms with van der Waals surface area (Å²) in [4.78, 5) is 0. The molecule has 19 heavy (non-hydrogen) atoms. The van der Waals surface area contributed by atoms with E-state index in [9.17, 15) is 0 Å². The Morgan fingerprint density at radius 2 is 1.68 bits per heavy atom. The molecule has 0 amide bonds. The Labute approximate surface area is 115 Å². The molecule has 2 nitrogen and oxygen atoms in total. The minimum absolute atomic E-state index is 0.373. The first kappa shape index (κ1) is 13.6. The second-order valence-corrected chi connectivity index (χ2v) is 4.66. The molecule has 100 valence electrons. The normalized spacial score (nSPS) is 12.1. The van der Waals surface area contributed by atoms with Gasteiger partial charge in [0, 0.05) is 12.5 Å². The molecule has 0 heterocycles. The Hall–Kier alpha value is -1.80. The Balaban J connectivity index is 1.83. The highest BCUT2D eigenvalue weighted by atomic mass is 16.5. The fourth-order valence-electron chi connectivity index (χ4n) is 1.95. The van der Waals surface area contributed by atoms with E-state index in [2.05, 4.69) is 48.6 Å². The Kier molecular flexibility index (Phi) is 4.99. The fraction of sp³-hybridized carbons (Fsp3) is 0.294. The van der Waals surface area contributed by atoms with Crippen molar-refractivity contribution in [2.45, 2.75) is 19.4 Å². The maximum atomic E-state index is 5.76. The van der Waals surface area contributed by atoms with E-state index >= 15 is 0 Å². The standard InChI is InChI=1S/C17H21NO/c1-14(18-2)16-8-10-17(11-9-16)19-13-12-15-6-4-3-5-7-15/h3-11,14,18H,12-13H2,1-2H3. The molecule has 0 radical (unpaired) electrons. The van der Waals surface area contributed by atoms with E-state index in [1.165, 1.54) is 11.1 Å². The molecule has 0 saturated carbocycles. The summed E-state index contributed by atoms with van der Waals surface area (Å²) in [5.74, 6) is 0.933. The predicted octanol–water partition coefficient (Wildman–Crippen LogP) is 3.59. The van der Waals surface area contributed by atoms with Crippen LogP contribution in [0.3, 0.4) is 0 Å². The number of rotatable bonds is 6. The van der Waals surface area contributed by atoms with Crippen molar-refractivity contribution < 1.29 is 4.74 Å². The topological polar surface area (TPSA) is 21.3 Å². The van der Waals surface area contributed by atoms with Crippen LogP contribution in [0.4, 0.5) is 0 Å². The van der Waals surface area contributed by atoms with Crippen LogP contribution in [-0.2, 0) is 6.42 Å². The van der Waals surface area contributed by atoms with Crippen LogP contribution in [0.25, 0.3) is 0 Å². The van der Waals surface area contributed by atoms with E-state index in [0.29, 0.717) is 12.6 Å². The van der Waals surface area contributed by atoms with E-state index < -0.39 is 0 Å². The van der Waals surface area contributed by atoms with E-state index in [4.69, 9.17) is 4.74 Å². The van der Waals surface area contributed by atoms with Crippen LogP contribution < -0.4 is 10.1 Å². The lowest BCUT2D eigenvalue weighted by molar-refractivity contribution is 0.322. The molecule has 2 rings (SSSR count). The Morgan fingerprint density at radius 1 is 1.00 bits per heavy atom. The second kappa shape index (κ2) is 6.95. The summed E-state index contributed by atoms with van der Waals surface area (Å²) in [7, 11) is 1.97. The molecule has 0 bridgehead atoms. The molecule has 2 aromatic rings. The van der Waals surface area contributed by atoms with E-state index in [-0.39, 0.29) is 0 Å². The first-order valence-corrected chi connectivity index (χ1v) is 6.73. The maximum Gasteiger partial charge on any atom is 0.119 e. The Morgan fingerprint density at radius 3 is 2.32 bits per heavy atom. The average Bonchev–Trinajstić information content (AvgIpc) is 2.48. The number of ether oxygens (including phenoxy) is 1. The molecule has 0 saturated heterocycles. The summed E-state index contributed by atoms with van der Waals surface area (Å²) in [6.45, 7) is 2.86. The van der Waals surface area contributed by atoms with Gasteiger partial charge in [0.25, 0.3) is 0 Å². The van der Waals surface area contributed by atoms with Gasteiger partial charge in [-0.3, -0.25) is 0 Å². The summed E-state index contributed by atoms with van der Waals surface area (Å²) in [6, 6.07) is 19.1. The van der Waals surface area contributed by atoms with Crippen molar-refractivity contribution in [1.82, 2.24) is 5.32 Å². The molecule has 1 atom stereocenters. The third-order valence-electron chi connectivity index (χ3n) is 3.32. The minimum atomic E-state index is 0.373. The van der Waals surface area contributed by atoms with Crippen LogP contribution in [0.15, 0.2) is 54.6 Å². The summed E-state index contributed by atoms with van der Waals surface area (Å²) in [5, 5.41) is 3.22. The van der Waals surface area contributed by atoms with E-state index in [1.807, 2.05) is 25.2 Å². The zero-order valence-corrected chi connectivity index (χ0v) is 11.6. The van der Waals surface area contributed by atoms with Crippen molar-refractivity contribution >= 4 is 0 Å². The number of benzene rings is 2. The molecule has 2 heteroatoms. The molecule has 1 N–H and O–H groups in total. The highest BCUT2D eigenvalue weighted by Crippen LogP contribution is 2.17. The van der Waals surface area contributed by atoms with Gasteiger partial charge in [0.05, 0.1) is 6.61 Å². The highest BCUT2D eigenvalue weighted by Gasteiger charge is 2.02. The molecule has 2 aromatic carbocycles. The molecular formula is C17H21NO. The Bertz CT molecular complexity index is 478. The maximum absolute atomic E-state index is 5.76. The molecule has 0 aliphatic carbocycles. The number of hydrogen-bond donors (Lipinski definition) is 1. The summed E-state index contributed by atoms with van der Waals surface area (Å²) in [5.41, 5.74) is 2.58. The van der Waals surface area contributed by atoms with Crippen molar-refractivity contribution in [1.29, 1.82) is 0 Å². The average molecular weight is 255 g/mol. The minimum Gasteiger partial charge on any atom is -0.493 e. The predicted molar refractivity (Wildman–Crippen MR) is 79.6 cm³/mol. The van der Waals surface area contributed by atoms with E-state index in [1.54, 1.807) is 0 Å². The van der Waals surface area contributed by atoms with Gasteiger partial charge in [-0.1, -0.05) is 42.5 Å². The van der Waals surface area contributed by atoms with Crippen LogP contribution in [0.2, 0.25) is 0 Å². The zero-order chi connectivity index (χ0) is 13.5. The quantitative estimate of drug-likeness (QED) is 0.851. The molecular weight excluding hydrogens is 234 g/mol. The fourth-order valence-corrected chi connectivity index (χ4v) is 1.95. The molecule has 0 spiro atoms. The monoisotopic (exact) mass is 255 g/mol. The molecule has 0 aromatic heterocycles. The molecule has 0 aliphatic heterocycles. The van der Waals surface area contributed by atoms with E-state index in [0.717, 1.165) is 12.2 Å². The van der Waals surface area contributed by atoms with Crippen molar-refractivity contribution in [3.05, 3.63) is 65.7 Å². The van der Waals surface area contributed by atoms with Gasteiger partial charge in [-0.05, 0) is 37.2 Å². The van der Waals surface area contributed by atoms with Gasteiger partial charge in [-0.15, -0.1) is 0 Å². The molecule has 0 fully saturated rings. The summed E-state index contributed by atoms with van der Waals surface area (Å²) < 4.78 is 5.76. The van der Waals surface area contributed by atoms with Crippen molar-refractivity contribution in [2.75, 3.05) is 13.7 Å². The lowest BCUT2D eigenvalue weighted by Crippen LogP contribution is -2.12. The van der Waals surface area contributed by atoms with Crippen LogP contribution in [0.5, 0.6) is 5.75 Å². The largest absolute Gasteiger partial charge is 0.493 e. The van der Waals surface area contributed by atoms with Gasteiger partial charge in [0.2, 0.25) is 0 Å². The van der Waals surface area contributed by atoms with Crippen LogP contribution in [0.1, 0.15) is 24.1 Å². The first-order valence-electron chi connectivity index (χ1n) is 6.73. The SMILES string of the molecule is CNC(C)c1ccc(OCCc2ccccc2)cc1. The summed E-state index contributed by atoms with van der Waals surface area (Å²) in [6.07, 6.45) is 0.940. The van der Waals surface area contributed by atoms with Crippen molar-refractivity contribution in [3.8, 4) is 5.75 Å². The van der Waals surface area contributed by atoms with Crippen LogP contribution in [0, 0.1) is 0 Å². The van der Waals surface area contributed by atoms with Gasteiger partial charge >= 0.3 is 0 Å². The molecule has 0 aliphatic rings. The lowest BCUT2D eigenvalue weighted by Gasteiger charge is -2.11. The van der Waals surface area contributed by atoms with Crippen LogP contribution in [-0.4, -0.2) is 13.7 Å². The zero-order valence-electron chi connectivity index (χ0n) is 11.6. The van der Waals surface area contributed by atoms with Gasteiger partial charge < -0.3 is 10.1 Å². The van der Waals surface area contributed by atoms with Crippen LogP contribution >= 0.6 is 0 Å². The smallest absolute Gasteiger partial charge is 0.119 e. The highest BCUT2D eigenvalue weighted by molar-refractivity contribution is 5.29. The van der Waals surface area contributed by atoms with Crippen molar-refractivity contribution in [2.24, 2.45) is 0 Å². The molecule has 1 unspecified atom stereocenters. The number of nitrogens with one attached hydrogen (secondary N) is 1.